The van der Waals surface area contributed by atoms with Crippen LogP contribution in [0.15, 0.2) is 24.5 Å². The highest BCUT2D eigenvalue weighted by atomic mass is 35.5. The van der Waals surface area contributed by atoms with E-state index in [1.165, 1.54) is 17.2 Å². The molecule has 5 rings (SSSR count). The molecule has 13 heteroatoms. The number of nitrogens with zero attached hydrogens (tertiary/aromatic N) is 3. The first-order valence-electron chi connectivity index (χ1n) is 11.5. The van der Waals surface area contributed by atoms with Crippen molar-refractivity contribution in [3.63, 3.8) is 0 Å². The molecule has 1 aliphatic carbocycles. The molecule has 4 unspecified atom stereocenters. The van der Waals surface area contributed by atoms with Gasteiger partial charge in [-0.15, -0.1) is 22.9 Å². The second-order valence-electron chi connectivity index (χ2n) is 9.15. The maximum atomic E-state index is 13.6. The van der Waals surface area contributed by atoms with Crippen LogP contribution in [0.3, 0.4) is 0 Å². The number of aromatic nitrogens is 2. The molecule has 1 saturated carbocycles. The van der Waals surface area contributed by atoms with Gasteiger partial charge in [0.2, 0.25) is 5.91 Å². The molecule has 2 amide bonds. The molecule has 36 heavy (non-hydrogen) atoms. The van der Waals surface area contributed by atoms with Gasteiger partial charge in [-0.2, -0.15) is 13.2 Å². The molecule has 0 bridgehead atoms. The maximum Gasteiger partial charge on any atom is 0.433 e. The summed E-state index contributed by atoms with van der Waals surface area (Å²) in [5.41, 5.74) is -0.625. The Morgan fingerprint density at radius 2 is 1.94 bits per heavy atom. The first-order valence-corrected chi connectivity index (χ1v) is 12.8. The zero-order chi connectivity index (χ0) is 25.6. The number of carbonyl (C=O) groups is 3. The Hall–Kier alpha value is -2.57. The number of ketones is 1. The van der Waals surface area contributed by atoms with Crippen molar-refractivity contribution in [2.45, 2.75) is 55.4 Å². The lowest BCUT2D eigenvalue weighted by Gasteiger charge is -2.30. The molecule has 0 radical (unpaired) electrons. The number of amides is 2. The van der Waals surface area contributed by atoms with Crippen molar-refractivity contribution >= 4 is 40.5 Å². The van der Waals surface area contributed by atoms with Crippen LogP contribution in [0.1, 0.15) is 41.2 Å². The lowest BCUT2D eigenvalue weighted by atomic mass is 9.96. The molecule has 3 aliphatic rings. The molecule has 4 atom stereocenters. The molecule has 0 spiro atoms. The number of ether oxygens (including phenoxy) is 1. The van der Waals surface area contributed by atoms with E-state index < -0.39 is 41.3 Å². The van der Waals surface area contributed by atoms with E-state index in [9.17, 15) is 27.6 Å². The molecular formula is C23H22ClF3N4O4S. The van der Waals surface area contributed by atoms with Crippen molar-refractivity contribution in [2.24, 2.45) is 5.92 Å². The second-order valence-corrected chi connectivity index (χ2v) is 10.7. The fourth-order valence-corrected chi connectivity index (χ4v) is 6.27. The summed E-state index contributed by atoms with van der Waals surface area (Å²) in [6.07, 6.45) is 0.734. The first kappa shape index (κ1) is 25.1. The Morgan fingerprint density at radius 3 is 2.61 bits per heavy atom. The van der Waals surface area contributed by atoms with Crippen molar-refractivity contribution in [2.75, 3.05) is 13.2 Å². The second kappa shape index (κ2) is 9.71. The van der Waals surface area contributed by atoms with Crippen LogP contribution < -0.4 is 5.32 Å². The van der Waals surface area contributed by atoms with E-state index in [-0.39, 0.29) is 35.8 Å². The van der Waals surface area contributed by atoms with Crippen LogP contribution in [0.4, 0.5) is 13.2 Å². The van der Waals surface area contributed by atoms with E-state index in [0.29, 0.717) is 10.4 Å². The van der Waals surface area contributed by atoms with E-state index in [4.69, 9.17) is 16.3 Å². The third kappa shape index (κ3) is 4.73. The summed E-state index contributed by atoms with van der Waals surface area (Å²) in [5.74, 6) is -1.23. The van der Waals surface area contributed by atoms with Crippen molar-refractivity contribution in [3.05, 3.63) is 35.2 Å². The van der Waals surface area contributed by atoms with Crippen molar-refractivity contribution in [1.82, 2.24) is 20.2 Å². The summed E-state index contributed by atoms with van der Waals surface area (Å²) >= 11 is 7.33. The zero-order valence-electron chi connectivity index (χ0n) is 18.8. The molecule has 8 nitrogen and oxygen atoms in total. The van der Waals surface area contributed by atoms with Crippen LogP contribution in [0, 0.1) is 5.92 Å². The summed E-state index contributed by atoms with van der Waals surface area (Å²) in [4.78, 5) is 48.5. The van der Waals surface area contributed by atoms with Crippen molar-refractivity contribution < 1.29 is 32.3 Å². The highest BCUT2D eigenvalue weighted by Crippen LogP contribution is 2.35. The van der Waals surface area contributed by atoms with E-state index in [0.717, 1.165) is 49.3 Å². The minimum absolute atomic E-state index is 0.0653. The summed E-state index contributed by atoms with van der Waals surface area (Å²) in [5, 5.41) is 2.37. The predicted octanol–water partition coefficient (Wildman–Crippen LogP) is 3.30. The van der Waals surface area contributed by atoms with Crippen molar-refractivity contribution in [1.29, 1.82) is 0 Å². The van der Waals surface area contributed by atoms with Crippen LogP contribution in [-0.4, -0.2) is 69.2 Å². The van der Waals surface area contributed by atoms with E-state index in [2.05, 4.69) is 15.3 Å². The van der Waals surface area contributed by atoms with Gasteiger partial charge in [-0.05, 0) is 30.9 Å². The Labute approximate surface area is 213 Å². The minimum atomic E-state index is -4.55. The number of Topliss-reactive ketones (excluding diaryl/α,β-unsaturated/α-hetero) is 1. The third-order valence-corrected chi connectivity index (χ3v) is 8.30. The van der Waals surface area contributed by atoms with Gasteiger partial charge in [-0.1, -0.05) is 12.8 Å². The highest BCUT2D eigenvalue weighted by molar-refractivity contribution is 7.17. The van der Waals surface area contributed by atoms with Crippen LogP contribution >= 0.6 is 22.9 Å². The lowest BCUT2D eigenvalue weighted by Crippen LogP contribution is -2.54. The Morgan fingerprint density at radius 1 is 1.19 bits per heavy atom. The number of hydrogen-bond donors (Lipinski definition) is 1. The number of nitrogens with one attached hydrogen (secondary N) is 1. The van der Waals surface area contributed by atoms with Gasteiger partial charge in [0.25, 0.3) is 5.91 Å². The molecule has 2 aromatic heterocycles. The third-order valence-electron chi connectivity index (χ3n) is 6.87. The summed E-state index contributed by atoms with van der Waals surface area (Å²) in [7, 11) is 0. The van der Waals surface area contributed by atoms with E-state index in [1.54, 1.807) is 0 Å². The molecule has 2 saturated heterocycles. The number of carbonyl (C=O) groups excluding carboxylic acids is 3. The molecule has 2 aliphatic heterocycles. The minimum Gasteiger partial charge on any atom is -0.366 e. The largest absolute Gasteiger partial charge is 0.433 e. The number of thiazole rings is 1. The van der Waals surface area contributed by atoms with E-state index >= 15 is 0 Å². The summed E-state index contributed by atoms with van der Waals surface area (Å²) in [6, 6.07) is 0.532. The smallest absolute Gasteiger partial charge is 0.366 e. The SMILES string of the molecule is O=C(NC(C(=O)N1CC(Cl)C2OCC(=O)C21)C1CCCC1)c1ncc(-c2ccc(C(F)(F)F)nc2)s1. The van der Waals surface area contributed by atoms with Gasteiger partial charge in [-0.3, -0.25) is 19.4 Å². The van der Waals surface area contributed by atoms with Gasteiger partial charge < -0.3 is 15.0 Å². The molecule has 2 aromatic rings. The molecule has 0 aromatic carbocycles. The fourth-order valence-electron chi connectivity index (χ4n) is 5.10. The number of rotatable bonds is 5. The first-order chi connectivity index (χ1) is 17.1. The highest BCUT2D eigenvalue weighted by Gasteiger charge is 2.53. The summed E-state index contributed by atoms with van der Waals surface area (Å²) < 4.78 is 43.8. The van der Waals surface area contributed by atoms with Gasteiger partial charge in [0.15, 0.2) is 10.8 Å². The Kier molecular flexibility index (Phi) is 6.77. The number of halogens is 4. The lowest BCUT2D eigenvalue weighted by molar-refractivity contribution is -0.141. The molecule has 1 N–H and O–H groups in total. The Bertz CT molecular complexity index is 1170. The van der Waals surface area contributed by atoms with E-state index in [1.807, 2.05) is 0 Å². The molecular weight excluding hydrogens is 521 g/mol. The standard InChI is InChI=1S/C23H22ClF3N4O4S/c24-13-9-31(18-14(32)10-35-19(13)18)22(34)17(11-3-1-2-4-11)30-20(33)21-29-8-15(36-21)12-5-6-16(28-7-12)23(25,26)27/h5-8,11,13,17-19H,1-4,9-10H2,(H,30,33). The zero-order valence-corrected chi connectivity index (χ0v) is 20.4. The quantitative estimate of drug-likeness (QED) is 0.582. The molecule has 3 fully saturated rings. The topological polar surface area (TPSA) is 101 Å². The molecule has 4 heterocycles. The monoisotopic (exact) mass is 542 g/mol. The van der Waals surface area contributed by atoms with Gasteiger partial charge in [0.05, 0.1) is 10.3 Å². The van der Waals surface area contributed by atoms with Crippen LogP contribution in [0.25, 0.3) is 10.4 Å². The number of alkyl halides is 4. The van der Waals surface area contributed by atoms with Crippen LogP contribution in [-0.2, 0) is 20.5 Å². The number of pyridine rings is 1. The van der Waals surface area contributed by atoms with Crippen LogP contribution in [0.2, 0.25) is 0 Å². The normalized spacial score (nSPS) is 25.3. The molecule has 192 valence electrons. The van der Waals surface area contributed by atoms with Gasteiger partial charge in [0.1, 0.15) is 30.5 Å². The number of likely N-dealkylation sites (tertiary alicyclic amines) is 1. The van der Waals surface area contributed by atoms with Gasteiger partial charge in [-0.25, -0.2) is 4.98 Å². The fraction of sp³-hybridized carbons (Fsp3) is 0.522. The predicted molar refractivity (Wildman–Crippen MR) is 123 cm³/mol. The summed E-state index contributed by atoms with van der Waals surface area (Å²) in [6.45, 7) is 0.0619. The number of hydrogen-bond acceptors (Lipinski definition) is 7. The van der Waals surface area contributed by atoms with Gasteiger partial charge in [0, 0.05) is 24.5 Å². The average Bonchev–Trinajstić information content (AvgIpc) is 3.64. The number of fused-ring (bicyclic) bond motifs is 1. The average molecular weight is 543 g/mol. The van der Waals surface area contributed by atoms with Crippen molar-refractivity contribution in [3.8, 4) is 10.4 Å². The van der Waals surface area contributed by atoms with Crippen LogP contribution in [0.5, 0.6) is 0 Å². The Balaban J connectivity index is 1.33. The van der Waals surface area contributed by atoms with Gasteiger partial charge >= 0.3 is 6.18 Å². The maximum absolute atomic E-state index is 13.6.